The van der Waals surface area contributed by atoms with E-state index in [2.05, 4.69) is 10.4 Å². The molecule has 1 aromatic rings. The Bertz CT molecular complexity index is 513. The van der Waals surface area contributed by atoms with Gasteiger partial charge in [-0.3, -0.25) is 0 Å². The van der Waals surface area contributed by atoms with Gasteiger partial charge >= 0.3 is 7.12 Å². The summed E-state index contributed by atoms with van der Waals surface area (Å²) < 4.78 is 11.8. The number of aromatic nitrogens is 1. The summed E-state index contributed by atoms with van der Waals surface area (Å²) in [7, 11) is -0.340. The van der Waals surface area contributed by atoms with Crippen LogP contribution in [-0.4, -0.2) is 23.3 Å². The molecule has 2 rings (SSSR count). The molecule has 1 aliphatic rings. The SMILES string of the molecule is Cc1cc(/C=C/B2OC(C)(C)C(C)(C)O2)cnc1NN. The second-order valence-electron chi connectivity index (χ2n) is 6.06. The molecule has 108 valence electrons. The van der Waals surface area contributed by atoms with Gasteiger partial charge in [0.2, 0.25) is 0 Å². The highest BCUT2D eigenvalue weighted by Crippen LogP contribution is 2.37. The van der Waals surface area contributed by atoms with Gasteiger partial charge in [0, 0.05) is 6.20 Å². The van der Waals surface area contributed by atoms with E-state index in [4.69, 9.17) is 15.2 Å². The van der Waals surface area contributed by atoms with E-state index in [0.29, 0.717) is 5.82 Å². The quantitative estimate of drug-likeness (QED) is 0.503. The van der Waals surface area contributed by atoms with E-state index in [9.17, 15) is 0 Å². The third-order valence-corrected chi connectivity index (χ3v) is 3.95. The lowest BCUT2D eigenvalue weighted by atomic mass is 9.89. The number of hydrogen-bond acceptors (Lipinski definition) is 5. The summed E-state index contributed by atoms with van der Waals surface area (Å²) in [5.74, 6) is 7.95. The predicted octanol–water partition coefficient (Wildman–Crippen LogP) is 2.32. The maximum Gasteiger partial charge on any atom is 0.487 e. The number of nitrogen functional groups attached to an aromatic ring is 1. The Hall–Kier alpha value is -1.37. The first-order valence-corrected chi connectivity index (χ1v) is 6.72. The molecule has 5 nitrogen and oxygen atoms in total. The molecule has 0 amide bonds. The number of nitrogens with two attached hydrogens (primary N) is 1. The number of rotatable bonds is 3. The first-order chi connectivity index (χ1) is 9.25. The molecule has 0 aromatic carbocycles. The van der Waals surface area contributed by atoms with Crippen LogP contribution in [0.1, 0.15) is 38.8 Å². The normalized spacial score (nSPS) is 20.6. The van der Waals surface area contributed by atoms with Gasteiger partial charge in [0.05, 0.1) is 11.2 Å². The van der Waals surface area contributed by atoms with Crippen molar-refractivity contribution in [3.63, 3.8) is 0 Å². The summed E-state index contributed by atoms with van der Waals surface area (Å²) in [5.41, 5.74) is 3.90. The van der Waals surface area contributed by atoms with Gasteiger partial charge in [-0.25, -0.2) is 10.8 Å². The van der Waals surface area contributed by atoms with Crippen molar-refractivity contribution < 1.29 is 9.31 Å². The van der Waals surface area contributed by atoms with Gasteiger partial charge in [-0.15, -0.1) is 0 Å². The van der Waals surface area contributed by atoms with E-state index in [1.807, 2.05) is 52.7 Å². The standard InChI is InChI=1S/C14H22BN3O2/c1-10-8-11(9-17-12(10)18-16)6-7-15-19-13(2,3)14(4,5)20-15/h6-9H,16H2,1-5H3,(H,17,18)/b7-6+. The molecule has 6 heteroatoms. The fourth-order valence-corrected chi connectivity index (χ4v) is 2.00. The summed E-state index contributed by atoms with van der Waals surface area (Å²) in [6.07, 6.45) is 3.70. The van der Waals surface area contributed by atoms with Crippen molar-refractivity contribution >= 4 is 19.0 Å². The van der Waals surface area contributed by atoms with Gasteiger partial charge in [0.25, 0.3) is 0 Å². The van der Waals surface area contributed by atoms with E-state index < -0.39 is 0 Å². The fraction of sp³-hybridized carbons (Fsp3) is 0.500. The van der Waals surface area contributed by atoms with Crippen LogP contribution in [0.25, 0.3) is 6.08 Å². The average Bonchev–Trinajstić information content (AvgIpc) is 2.55. The fourth-order valence-electron chi connectivity index (χ4n) is 2.00. The Balaban J connectivity index is 2.10. The maximum atomic E-state index is 5.90. The summed E-state index contributed by atoms with van der Waals surface area (Å²) in [6, 6.07) is 2.00. The average molecular weight is 275 g/mol. The van der Waals surface area contributed by atoms with Crippen LogP contribution >= 0.6 is 0 Å². The van der Waals surface area contributed by atoms with E-state index in [-0.39, 0.29) is 18.3 Å². The molecule has 0 radical (unpaired) electrons. The zero-order valence-corrected chi connectivity index (χ0v) is 12.7. The van der Waals surface area contributed by atoms with Gasteiger partial charge in [-0.05, 0) is 51.8 Å². The molecule has 0 atom stereocenters. The molecule has 20 heavy (non-hydrogen) atoms. The lowest BCUT2D eigenvalue weighted by Gasteiger charge is -2.32. The zero-order valence-electron chi connectivity index (χ0n) is 12.7. The van der Waals surface area contributed by atoms with Crippen LogP contribution in [0.15, 0.2) is 18.2 Å². The van der Waals surface area contributed by atoms with Crippen LogP contribution in [0.3, 0.4) is 0 Å². The topological polar surface area (TPSA) is 69.4 Å². The highest BCUT2D eigenvalue weighted by Gasteiger charge is 2.49. The molecule has 0 aliphatic carbocycles. The van der Waals surface area contributed by atoms with Crippen molar-refractivity contribution in [1.29, 1.82) is 0 Å². The van der Waals surface area contributed by atoms with Crippen molar-refractivity contribution in [2.75, 3.05) is 5.43 Å². The number of nitrogens with zero attached hydrogens (tertiary/aromatic N) is 1. The van der Waals surface area contributed by atoms with Crippen LogP contribution in [0, 0.1) is 6.92 Å². The number of anilines is 1. The minimum absolute atomic E-state index is 0.316. The lowest BCUT2D eigenvalue weighted by molar-refractivity contribution is 0.00578. The van der Waals surface area contributed by atoms with Crippen molar-refractivity contribution in [3.05, 3.63) is 29.4 Å². The summed E-state index contributed by atoms with van der Waals surface area (Å²) in [5, 5.41) is 0. The second-order valence-corrected chi connectivity index (χ2v) is 6.06. The molecule has 1 aliphatic heterocycles. The van der Waals surface area contributed by atoms with Crippen LogP contribution < -0.4 is 11.3 Å². The Morgan fingerprint density at radius 1 is 1.25 bits per heavy atom. The largest absolute Gasteiger partial charge is 0.487 e. The molecule has 1 fully saturated rings. The van der Waals surface area contributed by atoms with Crippen molar-refractivity contribution in [1.82, 2.24) is 4.98 Å². The molecule has 0 unspecified atom stereocenters. The molecule has 2 heterocycles. The zero-order chi connectivity index (χ0) is 15.0. The summed E-state index contributed by atoms with van der Waals surface area (Å²) in [6.45, 7) is 10.1. The monoisotopic (exact) mass is 275 g/mol. The molecule has 0 saturated carbocycles. The van der Waals surface area contributed by atoms with Crippen LogP contribution in [0.5, 0.6) is 0 Å². The van der Waals surface area contributed by atoms with E-state index in [0.717, 1.165) is 11.1 Å². The van der Waals surface area contributed by atoms with Gasteiger partial charge in [0.15, 0.2) is 0 Å². The van der Waals surface area contributed by atoms with Gasteiger partial charge < -0.3 is 14.7 Å². The predicted molar refractivity (Wildman–Crippen MR) is 81.9 cm³/mol. The van der Waals surface area contributed by atoms with E-state index in [1.54, 1.807) is 6.20 Å². The Morgan fingerprint density at radius 2 is 1.85 bits per heavy atom. The van der Waals surface area contributed by atoms with Crippen LogP contribution in [-0.2, 0) is 9.31 Å². The number of aryl methyl sites for hydroxylation is 1. The van der Waals surface area contributed by atoms with Crippen molar-refractivity contribution in [2.45, 2.75) is 45.8 Å². The molecule has 0 spiro atoms. The second kappa shape index (κ2) is 5.20. The summed E-state index contributed by atoms with van der Waals surface area (Å²) >= 11 is 0. The number of nitrogens with one attached hydrogen (secondary N) is 1. The minimum atomic E-state index is -0.340. The first kappa shape index (κ1) is 15.0. The van der Waals surface area contributed by atoms with Crippen molar-refractivity contribution in [2.24, 2.45) is 5.84 Å². The van der Waals surface area contributed by atoms with Crippen LogP contribution in [0.2, 0.25) is 0 Å². The highest BCUT2D eigenvalue weighted by atomic mass is 16.7. The van der Waals surface area contributed by atoms with Crippen LogP contribution in [0.4, 0.5) is 5.82 Å². The number of pyridine rings is 1. The highest BCUT2D eigenvalue weighted by molar-refractivity contribution is 6.52. The number of hydrogen-bond donors (Lipinski definition) is 2. The molecular weight excluding hydrogens is 253 g/mol. The smallest absolute Gasteiger partial charge is 0.400 e. The molecule has 1 aromatic heterocycles. The minimum Gasteiger partial charge on any atom is -0.400 e. The third kappa shape index (κ3) is 2.87. The van der Waals surface area contributed by atoms with Crippen molar-refractivity contribution in [3.8, 4) is 0 Å². The number of hydrazine groups is 1. The Labute approximate surface area is 120 Å². The van der Waals surface area contributed by atoms with E-state index >= 15 is 0 Å². The summed E-state index contributed by atoms with van der Waals surface area (Å²) in [4.78, 5) is 4.23. The third-order valence-electron chi connectivity index (χ3n) is 3.95. The lowest BCUT2D eigenvalue weighted by Crippen LogP contribution is -2.41. The molecule has 1 saturated heterocycles. The van der Waals surface area contributed by atoms with Gasteiger partial charge in [-0.2, -0.15) is 0 Å². The van der Waals surface area contributed by atoms with Gasteiger partial charge in [0.1, 0.15) is 5.82 Å². The van der Waals surface area contributed by atoms with Gasteiger partial charge in [-0.1, -0.05) is 12.1 Å². The Morgan fingerprint density at radius 3 is 2.35 bits per heavy atom. The van der Waals surface area contributed by atoms with E-state index in [1.165, 1.54) is 0 Å². The Kier molecular flexibility index (Phi) is 3.91. The molecule has 0 bridgehead atoms. The molecule has 3 N–H and O–H groups in total. The molecular formula is C14H22BN3O2. The first-order valence-electron chi connectivity index (χ1n) is 6.72. The maximum absolute atomic E-state index is 5.90.